The van der Waals surface area contributed by atoms with Crippen molar-refractivity contribution >= 4 is 39.5 Å². The molecule has 0 heterocycles. The summed E-state index contributed by atoms with van der Waals surface area (Å²) in [7, 11) is -3.54. The first-order valence-electron chi connectivity index (χ1n) is 3.01. The quantitative estimate of drug-likeness (QED) is 0.590. The summed E-state index contributed by atoms with van der Waals surface area (Å²) in [6.07, 6.45) is 0. The molecule has 7 heteroatoms. The van der Waals surface area contributed by atoms with Crippen molar-refractivity contribution in [3.63, 3.8) is 0 Å². The maximum absolute atomic E-state index is 10.9. The van der Waals surface area contributed by atoms with Crippen LogP contribution in [-0.4, -0.2) is 33.3 Å². The molecule has 0 aliphatic carbocycles. The first-order chi connectivity index (χ1) is 5.02. The highest BCUT2D eigenvalue weighted by molar-refractivity contribution is 9.09. The Balaban J connectivity index is 3.99. The number of alkyl halides is 2. The highest BCUT2D eigenvalue weighted by Gasteiger charge is 2.20. The highest BCUT2D eigenvalue weighted by atomic mass is 79.9. The molecule has 0 saturated carbocycles. The molecule has 0 amide bonds. The normalized spacial score (nSPS) is 16.8. The first kappa shape index (κ1) is 12.1. The molecule has 11 heavy (non-hydrogen) atoms. The van der Waals surface area contributed by atoms with E-state index in [4.69, 9.17) is 10.4 Å². The SMILES string of the molecule is NP(=O)(O)N(CCBr)CCBr. The molecule has 1 atom stereocenters. The molecule has 0 rings (SSSR count). The molecular formula is C4H11Br2N2O2P. The van der Waals surface area contributed by atoms with Crippen molar-refractivity contribution in [1.82, 2.24) is 4.67 Å². The molecule has 0 fully saturated rings. The van der Waals surface area contributed by atoms with Gasteiger partial charge in [-0.2, -0.15) is 0 Å². The van der Waals surface area contributed by atoms with Crippen molar-refractivity contribution in [2.24, 2.45) is 5.50 Å². The van der Waals surface area contributed by atoms with Crippen molar-refractivity contribution in [2.75, 3.05) is 23.7 Å². The zero-order valence-electron chi connectivity index (χ0n) is 5.91. The molecule has 0 bridgehead atoms. The van der Waals surface area contributed by atoms with Gasteiger partial charge in [-0.1, -0.05) is 31.9 Å². The van der Waals surface area contributed by atoms with E-state index in [0.29, 0.717) is 23.7 Å². The largest absolute Gasteiger partial charge is 0.338 e. The maximum Gasteiger partial charge on any atom is 0.338 e. The van der Waals surface area contributed by atoms with Crippen molar-refractivity contribution in [2.45, 2.75) is 0 Å². The van der Waals surface area contributed by atoms with Crippen LogP contribution in [0, 0.1) is 0 Å². The van der Waals surface area contributed by atoms with E-state index in [2.05, 4.69) is 31.9 Å². The average Bonchev–Trinajstić information content (AvgIpc) is 1.85. The molecule has 0 aromatic heterocycles. The summed E-state index contributed by atoms with van der Waals surface area (Å²) < 4.78 is 12.3. The van der Waals surface area contributed by atoms with Crippen molar-refractivity contribution in [1.29, 1.82) is 0 Å². The van der Waals surface area contributed by atoms with Crippen LogP contribution in [0.25, 0.3) is 0 Å². The Morgan fingerprint density at radius 1 is 1.36 bits per heavy atom. The third-order valence-corrected chi connectivity index (χ3v) is 3.01. The second kappa shape index (κ2) is 5.67. The van der Waals surface area contributed by atoms with Gasteiger partial charge in [0.05, 0.1) is 0 Å². The van der Waals surface area contributed by atoms with E-state index in [-0.39, 0.29) is 0 Å². The third kappa shape index (κ3) is 5.33. The standard InChI is InChI=1S/C4H11Br2N2O2P/c5-1-3-8(4-2-6)11(7,9)10/h1-4H2,(H3,7,9,10). The predicted molar refractivity (Wildman–Crippen MR) is 53.2 cm³/mol. The van der Waals surface area contributed by atoms with Gasteiger partial charge in [0, 0.05) is 23.7 Å². The first-order valence-corrected chi connectivity index (χ1v) is 6.93. The molecule has 0 radical (unpaired) electrons. The fraction of sp³-hybridized carbons (Fsp3) is 1.00. The molecule has 0 aliphatic heterocycles. The van der Waals surface area contributed by atoms with E-state index >= 15 is 0 Å². The molecule has 68 valence electrons. The predicted octanol–water partition coefficient (Wildman–Crippen LogP) is 1.14. The maximum atomic E-state index is 10.9. The monoisotopic (exact) mass is 308 g/mol. The molecule has 4 nitrogen and oxygen atoms in total. The molecule has 1 unspecified atom stereocenters. The van der Waals surface area contributed by atoms with E-state index < -0.39 is 7.67 Å². The van der Waals surface area contributed by atoms with Crippen LogP contribution in [0.5, 0.6) is 0 Å². The van der Waals surface area contributed by atoms with Gasteiger partial charge in [-0.15, -0.1) is 0 Å². The summed E-state index contributed by atoms with van der Waals surface area (Å²) in [5, 5.41) is 1.28. The fourth-order valence-electron chi connectivity index (χ4n) is 0.593. The van der Waals surface area contributed by atoms with Crippen molar-refractivity contribution < 1.29 is 9.46 Å². The second-order valence-electron chi connectivity index (χ2n) is 1.92. The van der Waals surface area contributed by atoms with Crippen molar-refractivity contribution in [3.8, 4) is 0 Å². The summed E-state index contributed by atoms with van der Waals surface area (Å²) >= 11 is 6.34. The second-order valence-corrected chi connectivity index (χ2v) is 5.25. The molecule has 0 aliphatic rings. The molecule has 3 N–H and O–H groups in total. The number of rotatable bonds is 5. The Kier molecular flexibility index (Phi) is 6.22. The number of halogens is 2. The fourth-order valence-corrected chi connectivity index (χ4v) is 2.77. The molecular weight excluding hydrogens is 299 g/mol. The molecule has 0 saturated heterocycles. The van der Waals surface area contributed by atoms with E-state index in [1.54, 1.807) is 0 Å². The lowest BCUT2D eigenvalue weighted by Gasteiger charge is -2.21. The van der Waals surface area contributed by atoms with Crippen LogP contribution in [0.4, 0.5) is 0 Å². The third-order valence-electron chi connectivity index (χ3n) is 1.09. The number of hydrogen-bond acceptors (Lipinski definition) is 1. The van der Waals surface area contributed by atoms with E-state index in [9.17, 15) is 4.57 Å². The van der Waals surface area contributed by atoms with Crippen LogP contribution in [0.15, 0.2) is 0 Å². The molecule has 0 aromatic carbocycles. The summed E-state index contributed by atoms with van der Waals surface area (Å²) in [5.74, 6) is 0. The van der Waals surface area contributed by atoms with Gasteiger partial charge in [0.2, 0.25) is 0 Å². The lowest BCUT2D eigenvalue weighted by Crippen LogP contribution is -2.27. The lowest BCUT2D eigenvalue weighted by atomic mass is 10.7. The minimum atomic E-state index is -3.54. The highest BCUT2D eigenvalue weighted by Crippen LogP contribution is 2.35. The molecule has 0 aromatic rings. The van der Waals surface area contributed by atoms with Crippen LogP contribution in [0.1, 0.15) is 0 Å². The minimum absolute atomic E-state index is 0.482. The Hall–Kier alpha value is 1.07. The smallest absolute Gasteiger partial charge is 0.322 e. The van der Waals surface area contributed by atoms with Crippen LogP contribution < -0.4 is 5.50 Å². The number of nitrogens with two attached hydrogens (primary N) is 1. The minimum Gasteiger partial charge on any atom is -0.322 e. The zero-order valence-corrected chi connectivity index (χ0v) is 9.98. The van der Waals surface area contributed by atoms with Crippen LogP contribution in [0.2, 0.25) is 0 Å². The summed E-state index contributed by atoms with van der Waals surface area (Å²) in [5.41, 5.74) is 5.05. The lowest BCUT2D eigenvalue weighted by molar-refractivity contribution is 0.370. The Morgan fingerprint density at radius 3 is 1.91 bits per heavy atom. The summed E-state index contributed by atoms with van der Waals surface area (Å²) in [6, 6.07) is 0. The van der Waals surface area contributed by atoms with Gasteiger partial charge in [0.1, 0.15) is 0 Å². The Bertz CT molecular complexity index is 145. The van der Waals surface area contributed by atoms with Gasteiger partial charge in [-0.3, -0.25) is 4.57 Å². The van der Waals surface area contributed by atoms with Gasteiger partial charge in [0.25, 0.3) is 0 Å². The summed E-state index contributed by atoms with van der Waals surface area (Å²) in [4.78, 5) is 8.96. The van der Waals surface area contributed by atoms with Crippen LogP contribution in [-0.2, 0) is 4.57 Å². The van der Waals surface area contributed by atoms with Crippen molar-refractivity contribution in [3.05, 3.63) is 0 Å². The summed E-state index contributed by atoms with van der Waals surface area (Å²) in [6.45, 7) is 0.964. The topological polar surface area (TPSA) is 66.6 Å². The van der Waals surface area contributed by atoms with Gasteiger partial charge < -0.3 is 4.89 Å². The van der Waals surface area contributed by atoms with Crippen LogP contribution in [0.3, 0.4) is 0 Å². The van der Waals surface area contributed by atoms with E-state index in [0.717, 1.165) is 0 Å². The van der Waals surface area contributed by atoms with E-state index in [1.807, 2.05) is 0 Å². The van der Waals surface area contributed by atoms with Gasteiger partial charge in [0.15, 0.2) is 0 Å². The average molecular weight is 310 g/mol. The number of nitrogens with zero attached hydrogens (tertiary/aromatic N) is 1. The Labute approximate surface area is 83.0 Å². The van der Waals surface area contributed by atoms with Gasteiger partial charge >= 0.3 is 7.67 Å². The van der Waals surface area contributed by atoms with Crippen LogP contribution >= 0.6 is 39.5 Å². The Morgan fingerprint density at radius 2 is 1.73 bits per heavy atom. The van der Waals surface area contributed by atoms with Gasteiger partial charge in [-0.05, 0) is 0 Å². The van der Waals surface area contributed by atoms with Gasteiger partial charge in [-0.25, -0.2) is 10.2 Å². The molecule has 0 spiro atoms. The van der Waals surface area contributed by atoms with E-state index in [1.165, 1.54) is 4.67 Å². The zero-order chi connectivity index (χ0) is 8.91. The number of hydrogen-bond donors (Lipinski definition) is 2.